The molecule has 34 heavy (non-hydrogen) atoms. The second-order valence-corrected chi connectivity index (χ2v) is 11.5. The van der Waals surface area contributed by atoms with Crippen LogP contribution in [0.3, 0.4) is 0 Å². The zero-order chi connectivity index (χ0) is 25.7. The van der Waals surface area contributed by atoms with Gasteiger partial charge in [0.15, 0.2) is 14.6 Å². The van der Waals surface area contributed by atoms with Gasteiger partial charge in [-0.05, 0) is 74.8 Å². The molecule has 0 fully saturated rings. The number of rotatable bonds is 10. The molecule has 2 aromatic carbocycles. The molecule has 0 spiro atoms. The predicted molar refractivity (Wildman–Crippen MR) is 131 cm³/mol. The quantitative estimate of drug-likeness (QED) is 0.256. The Morgan fingerprint density at radius 2 is 1.79 bits per heavy atom. The van der Waals surface area contributed by atoms with Gasteiger partial charge in [-0.25, -0.2) is 8.42 Å². The van der Waals surface area contributed by atoms with Crippen molar-refractivity contribution in [2.24, 2.45) is 5.73 Å². The number of carbonyl (C=O) groups is 1. The smallest absolute Gasteiger partial charge is 0.382 e. The van der Waals surface area contributed by atoms with E-state index in [1.54, 1.807) is 13.8 Å². The number of amides is 1. The first-order valence-corrected chi connectivity index (χ1v) is 12.8. The molecular formula is C22H25F3N2O4S3. The maximum atomic E-state index is 13.2. The van der Waals surface area contributed by atoms with Crippen LogP contribution in [0.5, 0.6) is 0 Å². The normalized spacial score (nSPS) is 13.8. The summed E-state index contributed by atoms with van der Waals surface area (Å²) in [7, 11) is -4.13. The third-order valence-electron chi connectivity index (χ3n) is 5.15. The molecule has 0 aliphatic heterocycles. The van der Waals surface area contributed by atoms with Gasteiger partial charge in [0, 0.05) is 29.4 Å². The van der Waals surface area contributed by atoms with Crippen molar-refractivity contribution in [1.29, 1.82) is 0 Å². The Bertz CT molecular complexity index is 1150. The van der Waals surface area contributed by atoms with E-state index < -0.39 is 26.0 Å². The van der Waals surface area contributed by atoms with Gasteiger partial charge >= 0.3 is 5.51 Å². The van der Waals surface area contributed by atoms with Gasteiger partial charge in [-0.3, -0.25) is 4.79 Å². The minimum Gasteiger partial charge on any atom is -0.382 e. The van der Waals surface area contributed by atoms with Crippen molar-refractivity contribution in [2.45, 2.75) is 47.2 Å². The molecule has 12 heteroatoms. The number of benzene rings is 2. The van der Waals surface area contributed by atoms with Crippen LogP contribution < -0.4 is 11.1 Å². The van der Waals surface area contributed by atoms with Crippen molar-refractivity contribution in [3.05, 3.63) is 53.6 Å². The van der Waals surface area contributed by atoms with E-state index in [0.717, 1.165) is 0 Å². The summed E-state index contributed by atoms with van der Waals surface area (Å²) in [6.07, 6.45) is -0.0930. The van der Waals surface area contributed by atoms with E-state index >= 15 is 0 Å². The van der Waals surface area contributed by atoms with Crippen molar-refractivity contribution in [3.8, 4) is 0 Å². The van der Waals surface area contributed by atoms with Gasteiger partial charge in [-0.2, -0.15) is 13.2 Å². The molecule has 0 aliphatic rings. The molecule has 0 saturated carbocycles. The van der Waals surface area contributed by atoms with Gasteiger partial charge < -0.3 is 15.8 Å². The Hall–Kier alpha value is -2.15. The number of nitrogens with two attached hydrogens (primary N) is 1. The average Bonchev–Trinajstić information content (AvgIpc) is 2.74. The van der Waals surface area contributed by atoms with Crippen molar-refractivity contribution < 1.29 is 31.1 Å². The highest BCUT2D eigenvalue weighted by atomic mass is 32.2. The summed E-state index contributed by atoms with van der Waals surface area (Å²) in [6.45, 7) is 5.13. The van der Waals surface area contributed by atoms with Gasteiger partial charge in [0.25, 0.3) is 0 Å². The number of thiocarbonyl (C=S) groups is 1. The van der Waals surface area contributed by atoms with Crippen molar-refractivity contribution in [1.82, 2.24) is 0 Å². The lowest BCUT2D eigenvalue weighted by molar-refractivity contribution is -0.120. The van der Waals surface area contributed by atoms with Gasteiger partial charge in [0.2, 0.25) is 5.91 Å². The number of nitrogens with one attached hydrogen (secondary N) is 1. The summed E-state index contributed by atoms with van der Waals surface area (Å²) < 4.78 is 67.3. The highest BCUT2D eigenvalue weighted by Gasteiger charge is 2.45. The molecular weight excluding hydrogens is 509 g/mol. The Morgan fingerprint density at radius 1 is 1.18 bits per heavy atom. The lowest BCUT2D eigenvalue weighted by atomic mass is 10.1. The summed E-state index contributed by atoms with van der Waals surface area (Å²) in [6, 6.07) is 9.83. The second kappa shape index (κ2) is 11.1. The highest BCUT2D eigenvalue weighted by Crippen LogP contribution is 2.37. The van der Waals surface area contributed by atoms with Crippen LogP contribution in [-0.4, -0.2) is 42.8 Å². The van der Waals surface area contributed by atoms with E-state index in [9.17, 15) is 26.4 Å². The summed E-state index contributed by atoms with van der Waals surface area (Å²) in [5.41, 5.74) is 2.60. The molecule has 1 atom stereocenters. The first-order chi connectivity index (χ1) is 15.7. The minimum absolute atomic E-state index is 0.0339. The van der Waals surface area contributed by atoms with Crippen LogP contribution in [-0.2, 0) is 19.4 Å². The number of hydrogen-bond acceptors (Lipinski definition) is 6. The number of carbonyl (C=O) groups excluding carboxylic acids is 1. The molecule has 1 unspecified atom stereocenters. The van der Waals surface area contributed by atoms with E-state index in [0.29, 0.717) is 23.4 Å². The number of sulfone groups is 1. The number of primary amides is 1. The molecule has 0 aliphatic carbocycles. The van der Waals surface area contributed by atoms with Crippen LogP contribution >= 0.6 is 24.0 Å². The molecule has 0 radical (unpaired) electrons. The first kappa shape index (κ1) is 28.1. The fourth-order valence-corrected chi connectivity index (χ4v) is 5.51. The molecule has 6 nitrogen and oxygen atoms in total. The number of halogens is 3. The van der Waals surface area contributed by atoms with Gasteiger partial charge in [0.05, 0.1) is 4.90 Å². The first-order valence-electron chi connectivity index (χ1n) is 10.1. The van der Waals surface area contributed by atoms with Crippen LogP contribution in [0, 0.1) is 6.92 Å². The standard InChI is InChI=1S/C22H25F3N2O4S3/c1-4-31-12-11-21(3,20(26)28)34(29,30)17-9-10-18(14(2)13-17)27-19(32)15-5-7-16(8-6-15)33-22(23,24)25/h5-10,13H,4,11-12H2,1-3H3,(H2,26,28)(H,27,32). The molecule has 3 N–H and O–H groups in total. The van der Waals surface area contributed by atoms with Crippen LogP contribution in [0.25, 0.3) is 0 Å². The molecule has 2 aromatic rings. The number of hydrogen-bond donors (Lipinski definition) is 2. The molecule has 2 rings (SSSR count). The molecule has 0 saturated heterocycles. The number of anilines is 1. The molecule has 0 heterocycles. The van der Waals surface area contributed by atoms with Gasteiger partial charge in [-0.15, -0.1) is 0 Å². The third-order valence-corrected chi connectivity index (χ3v) is 8.69. The topological polar surface area (TPSA) is 98.5 Å². The Labute approximate surface area is 206 Å². The maximum Gasteiger partial charge on any atom is 0.446 e. The second-order valence-electron chi connectivity index (χ2n) is 7.55. The van der Waals surface area contributed by atoms with E-state index in [-0.39, 0.29) is 39.6 Å². The maximum absolute atomic E-state index is 13.2. The number of alkyl halides is 3. The SMILES string of the molecule is CCOCCC(C)(C(N)=O)S(=O)(=O)c1ccc(NC(=S)c2ccc(SC(F)(F)F)cc2)c(C)c1. The summed E-state index contributed by atoms with van der Waals surface area (Å²) in [4.78, 5) is 12.3. The van der Waals surface area contributed by atoms with E-state index in [1.165, 1.54) is 49.4 Å². The van der Waals surface area contributed by atoms with Gasteiger partial charge in [0.1, 0.15) is 4.99 Å². The Morgan fingerprint density at radius 3 is 2.29 bits per heavy atom. The molecule has 186 valence electrons. The lowest BCUT2D eigenvalue weighted by Crippen LogP contribution is -2.48. The lowest BCUT2D eigenvalue weighted by Gasteiger charge is -2.26. The summed E-state index contributed by atoms with van der Waals surface area (Å²) in [5.74, 6) is -0.972. The third kappa shape index (κ3) is 6.71. The Balaban J connectivity index is 2.24. The van der Waals surface area contributed by atoms with Gasteiger partial charge in [-0.1, -0.05) is 24.4 Å². The van der Waals surface area contributed by atoms with E-state index in [4.69, 9.17) is 22.7 Å². The van der Waals surface area contributed by atoms with Crippen LogP contribution in [0.1, 0.15) is 31.4 Å². The summed E-state index contributed by atoms with van der Waals surface area (Å²) in [5, 5.41) is 2.97. The molecule has 0 aromatic heterocycles. The van der Waals surface area contributed by atoms with Crippen molar-refractivity contribution >= 4 is 50.4 Å². The van der Waals surface area contributed by atoms with Crippen molar-refractivity contribution in [2.75, 3.05) is 18.5 Å². The highest BCUT2D eigenvalue weighted by molar-refractivity contribution is 8.00. The fraction of sp³-hybridized carbons (Fsp3) is 0.364. The van der Waals surface area contributed by atoms with Crippen molar-refractivity contribution in [3.63, 3.8) is 0 Å². The zero-order valence-electron chi connectivity index (χ0n) is 18.7. The zero-order valence-corrected chi connectivity index (χ0v) is 21.2. The molecule has 0 bridgehead atoms. The Kier molecular flexibility index (Phi) is 9.14. The molecule has 1 amide bonds. The number of thioether (sulfide) groups is 1. The van der Waals surface area contributed by atoms with E-state index in [1.807, 2.05) is 0 Å². The van der Waals surface area contributed by atoms with Crippen LogP contribution in [0.4, 0.5) is 18.9 Å². The number of aryl methyl sites for hydroxylation is 1. The largest absolute Gasteiger partial charge is 0.446 e. The predicted octanol–water partition coefficient (Wildman–Crippen LogP) is 4.84. The summed E-state index contributed by atoms with van der Waals surface area (Å²) >= 11 is 5.12. The minimum atomic E-state index is -4.38. The van der Waals surface area contributed by atoms with Crippen LogP contribution in [0.2, 0.25) is 0 Å². The van der Waals surface area contributed by atoms with Crippen LogP contribution in [0.15, 0.2) is 52.3 Å². The fourth-order valence-electron chi connectivity index (χ4n) is 3.01. The number of ether oxygens (including phenoxy) is 1. The van der Waals surface area contributed by atoms with E-state index in [2.05, 4.69) is 5.32 Å². The average molecular weight is 535 g/mol. The monoisotopic (exact) mass is 534 g/mol.